The Morgan fingerprint density at radius 1 is 1.31 bits per heavy atom. The third-order valence-electron chi connectivity index (χ3n) is 4.13. The number of benzene rings is 1. The summed E-state index contributed by atoms with van der Waals surface area (Å²) in [4.78, 5) is 0. The summed E-state index contributed by atoms with van der Waals surface area (Å²) >= 11 is 7.06. The highest BCUT2D eigenvalue weighted by Crippen LogP contribution is 2.41. The number of alkyl halides is 3. The Bertz CT molecular complexity index is 990. The summed E-state index contributed by atoms with van der Waals surface area (Å²) < 4.78 is 52.5. The van der Waals surface area contributed by atoms with Crippen LogP contribution in [0, 0.1) is 5.41 Å². The van der Waals surface area contributed by atoms with Gasteiger partial charge in [0.25, 0.3) is 0 Å². The molecular formula is C18H18ClF3N4O2S. The number of pyridine rings is 1. The van der Waals surface area contributed by atoms with E-state index in [1.54, 1.807) is 18.5 Å². The van der Waals surface area contributed by atoms with E-state index in [2.05, 4.69) is 9.13 Å². The Kier molecular flexibility index (Phi) is 6.33. The lowest BCUT2D eigenvalue weighted by atomic mass is 10.1. The first-order valence-corrected chi connectivity index (χ1v) is 10.1. The van der Waals surface area contributed by atoms with E-state index in [0.29, 0.717) is 5.92 Å². The van der Waals surface area contributed by atoms with E-state index in [4.69, 9.17) is 27.5 Å². The first-order valence-electron chi connectivity index (χ1n) is 8.52. The lowest BCUT2D eigenvalue weighted by Gasteiger charge is -2.15. The number of nitrogens with zero attached hydrogens (tertiary/aromatic N) is 2. The quantitative estimate of drug-likeness (QED) is 0.391. The minimum absolute atomic E-state index is 0.0531. The second kappa shape index (κ2) is 8.58. The van der Waals surface area contributed by atoms with Crippen LogP contribution in [0.15, 0.2) is 34.9 Å². The molecule has 1 heterocycles. The molecule has 1 aliphatic carbocycles. The molecule has 0 aliphatic heterocycles. The number of halogens is 4. The highest BCUT2D eigenvalue weighted by atomic mass is 35.5. The van der Waals surface area contributed by atoms with Crippen molar-refractivity contribution in [2.45, 2.75) is 31.7 Å². The van der Waals surface area contributed by atoms with E-state index >= 15 is 0 Å². The van der Waals surface area contributed by atoms with Crippen molar-refractivity contribution in [3.63, 3.8) is 0 Å². The van der Waals surface area contributed by atoms with Crippen LogP contribution in [0.4, 0.5) is 13.2 Å². The van der Waals surface area contributed by atoms with Crippen molar-refractivity contribution in [3.8, 4) is 11.5 Å². The molecule has 0 spiro atoms. The molecule has 3 N–H and O–H groups in total. The zero-order valence-electron chi connectivity index (χ0n) is 15.3. The number of ether oxygens (including phenoxy) is 2. The molecule has 1 saturated carbocycles. The fourth-order valence-corrected chi connectivity index (χ4v) is 3.29. The van der Waals surface area contributed by atoms with Gasteiger partial charge in [-0.15, -0.1) is 13.2 Å². The van der Waals surface area contributed by atoms with Gasteiger partial charge in [-0.1, -0.05) is 11.6 Å². The van der Waals surface area contributed by atoms with E-state index < -0.39 is 12.1 Å². The predicted octanol–water partition coefficient (Wildman–Crippen LogP) is 4.42. The summed E-state index contributed by atoms with van der Waals surface area (Å²) in [5, 5.41) is 8.25. The van der Waals surface area contributed by atoms with Crippen LogP contribution in [-0.2, 0) is 6.61 Å². The van der Waals surface area contributed by atoms with Crippen molar-refractivity contribution in [1.29, 1.82) is 5.41 Å². The van der Waals surface area contributed by atoms with Gasteiger partial charge in [0.2, 0.25) is 5.96 Å². The van der Waals surface area contributed by atoms with E-state index in [1.165, 1.54) is 22.6 Å². The van der Waals surface area contributed by atoms with Crippen LogP contribution in [0.3, 0.4) is 0 Å². The number of hydrogen-bond donors (Lipinski definition) is 2. The lowest BCUT2D eigenvalue weighted by Crippen LogP contribution is -2.33. The van der Waals surface area contributed by atoms with Gasteiger partial charge in [-0.2, -0.15) is 4.40 Å². The van der Waals surface area contributed by atoms with Crippen LogP contribution < -0.4 is 20.7 Å². The van der Waals surface area contributed by atoms with E-state index in [9.17, 15) is 13.2 Å². The van der Waals surface area contributed by atoms with Gasteiger partial charge in [0, 0.05) is 23.5 Å². The molecule has 29 heavy (non-hydrogen) atoms. The highest BCUT2D eigenvalue weighted by molar-refractivity contribution is 7.97. The van der Waals surface area contributed by atoms with Gasteiger partial charge >= 0.3 is 6.36 Å². The molecule has 0 radical (unpaired) electrons. The summed E-state index contributed by atoms with van der Waals surface area (Å²) in [5.41, 5.74) is 7.76. The van der Waals surface area contributed by atoms with Gasteiger partial charge in [-0.3, -0.25) is 9.98 Å². The molecule has 0 amide bonds. The molecule has 11 heteroatoms. The molecule has 6 nitrogen and oxygen atoms in total. The van der Waals surface area contributed by atoms with E-state index in [-0.39, 0.29) is 28.8 Å². The van der Waals surface area contributed by atoms with Gasteiger partial charge in [-0.05, 0) is 60.0 Å². The van der Waals surface area contributed by atoms with Crippen molar-refractivity contribution in [1.82, 2.24) is 4.57 Å². The summed E-state index contributed by atoms with van der Waals surface area (Å²) in [6.07, 6.45) is 0.717. The Balaban J connectivity index is 1.85. The summed E-state index contributed by atoms with van der Waals surface area (Å²) in [7, 11) is 0. The largest absolute Gasteiger partial charge is 0.573 e. The molecule has 0 atom stereocenters. The van der Waals surface area contributed by atoms with Gasteiger partial charge in [0.15, 0.2) is 0 Å². The van der Waals surface area contributed by atoms with Crippen molar-refractivity contribution >= 4 is 29.5 Å². The van der Waals surface area contributed by atoms with Gasteiger partial charge in [-0.25, -0.2) is 0 Å². The fraction of sp³-hybridized carbons (Fsp3) is 0.333. The maximum Gasteiger partial charge on any atom is 0.573 e. The minimum Gasteiger partial charge on any atom is -0.489 e. The van der Waals surface area contributed by atoms with Crippen LogP contribution in [0.1, 0.15) is 29.9 Å². The lowest BCUT2D eigenvalue weighted by molar-refractivity contribution is -0.274. The number of aromatic nitrogens is 1. The molecule has 1 aromatic carbocycles. The first kappa shape index (κ1) is 21.4. The average molecular weight is 447 g/mol. The summed E-state index contributed by atoms with van der Waals surface area (Å²) in [6, 6.07) is 5.19. The highest BCUT2D eigenvalue weighted by Gasteiger charge is 2.31. The standard InChI is InChI=1S/C18H18ClF3N4O2S/c1-29-25-17(24)26-8-15(10-2-3-10)11(4-16(26)23)9-27-13-5-12(19)6-14(7-13)28-18(20,21)22/h4-8,10,23H,2-3,9H2,1H3,(H2,24,25). The Morgan fingerprint density at radius 2 is 2.00 bits per heavy atom. The second-order valence-electron chi connectivity index (χ2n) is 6.37. The second-order valence-corrected chi connectivity index (χ2v) is 7.36. The number of hydrogen-bond acceptors (Lipinski definition) is 5. The van der Waals surface area contributed by atoms with Crippen LogP contribution >= 0.6 is 23.5 Å². The third-order valence-corrected chi connectivity index (χ3v) is 4.72. The molecular weight excluding hydrogens is 429 g/mol. The molecule has 1 fully saturated rings. The van der Waals surface area contributed by atoms with E-state index in [0.717, 1.165) is 36.1 Å². The van der Waals surface area contributed by atoms with Crippen LogP contribution in [0.25, 0.3) is 0 Å². The summed E-state index contributed by atoms with van der Waals surface area (Å²) in [6.45, 7) is 0.0595. The topological polar surface area (TPSA) is 85.6 Å². The first-order chi connectivity index (χ1) is 13.7. The average Bonchev–Trinajstić information content (AvgIpc) is 3.43. The minimum atomic E-state index is -4.83. The molecule has 0 unspecified atom stereocenters. The SMILES string of the molecule is CS/N=C(\N)n1cc(C2CC2)c(COc2cc(Cl)cc(OC(F)(F)F)c2)cc1=N. The zero-order valence-corrected chi connectivity index (χ0v) is 16.9. The monoisotopic (exact) mass is 446 g/mol. The molecule has 0 bridgehead atoms. The van der Waals surface area contributed by atoms with Crippen LogP contribution in [0.2, 0.25) is 5.02 Å². The molecule has 2 aromatic rings. The van der Waals surface area contributed by atoms with Crippen LogP contribution in [-0.4, -0.2) is 23.1 Å². The fourth-order valence-electron chi connectivity index (χ4n) is 2.80. The van der Waals surface area contributed by atoms with Gasteiger partial charge in [0.05, 0.1) is 0 Å². The Labute approximate surface area is 174 Å². The molecule has 1 aliphatic rings. The third kappa shape index (κ3) is 5.83. The maximum atomic E-state index is 12.5. The Morgan fingerprint density at radius 3 is 2.62 bits per heavy atom. The number of nitrogens with two attached hydrogens (primary N) is 1. The van der Waals surface area contributed by atoms with Crippen LogP contribution in [0.5, 0.6) is 11.5 Å². The predicted molar refractivity (Wildman–Crippen MR) is 105 cm³/mol. The molecule has 0 saturated heterocycles. The van der Waals surface area contributed by atoms with Crippen molar-refractivity contribution < 1.29 is 22.6 Å². The van der Waals surface area contributed by atoms with Gasteiger partial charge in [0.1, 0.15) is 23.6 Å². The molecule has 156 valence electrons. The smallest absolute Gasteiger partial charge is 0.489 e. The molecule has 1 aromatic heterocycles. The number of rotatable bonds is 6. The normalized spacial score (nSPS) is 14.7. The Hall–Kier alpha value is -2.33. The molecule has 3 rings (SSSR count). The van der Waals surface area contributed by atoms with Crippen molar-refractivity contribution in [2.24, 2.45) is 10.1 Å². The maximum absolute atomic E-state index is 12.5. The van der Waals surface area contributed by atoms with E-state index in [1.807, 2.05) is 0 Å². The van der Waals surface area contributed by atoms with Crippen molar-refractivity contribution in [3.05, 3.63) is 52.1 Å². The van der Waals surface area contributed by atoms with Crippen molar-refractivity contribution in [2.75, 3.05) is 6.26 Å². The van der Waals surface area contributed by atoms with Gasteiger partial charge < -0.3 is 15.2 Å². The number of nitrogens with one attached hydrogen (secondary N) is 1. The summed E-state index contributed by atoms with van der Waals surface area (Å²) in [5.74, 6) is 0.187. The zero-order chi connectivity index (χ0) is 21.2.